The first-order chi connectivity index (χ1) is 11.5. The van der Waals surface area contributed by atoms with Crippen molar-refractivity contribution in [2.24, 2.45) is 0 Å². The van der Waals surface area contributed by atoms with Crippen LogP contribution in [0, 0.1) is 0 Å². The van der Waals surface area contributed by atoms with Gasteiger partial charge in [-0.3, -0.25) is 9.69 Å². The van der Waals surface area contributed by atoms with E-state index in [1.54, 1.807) is 24.3 Å². The van der Waals surface area contributed by atoms with E-state index in [2.05, 4.69) is 0 Å². The van der Waals surface area contributed by atoms with Crippen molar-refractivity contribution < 1.29 is 29.5 Å². The number of carboxylic acid groups (broad SMARTS) is 1. The van der Waals surface area contributed by atoms with Gasteiger partial charge in [-0.2, -0.15) is 4.57 Å². The topological polar surface area (TPSA) is 102 Å². The maximum atomic E-state index is 11.6. The van der Waals surface area contributed by atoms with Gasteiger partial charge < -0.3 is 15.3 Å². The molecule has 0 saturated heterocycles. The van der Waals surface area contributed by atoms with Crippen molar-refractivity contribution in [3.8, 4) is 5.75 Å². The van der Waals surface area contributed by atoms with Crippen LogP contribution < -0.4 is 4.57 Å². The predicted molar refractivity (Wildman–Crippen MR) is 83.7 cm³/mol. The molecule has 0 aliphatic carbocycles. The van der Waals surface area contributed by atoms with E-state index < -0.39 is 12.0 Å². The van der Waals surface area contributed by atoms with Gasteiger partial charge in [0.1, 0.15) is 12.6 Å². The monoisotopic (exact) mass is 331 g/mol. The molecule has 1 aromatic heterocycles. The number of amides is 1. The van der Waals surface area contributed by atoms with E-state index in [0.29, 0.717) is 12.1 Å². The van der Waals surface area contributed by atoms with Crippen LogP contribution in [0.2, 0.25) is 0 Å². The number of aliphatic carboxylic acids is 1. The first-order valence-electron chi connectivity index (χ1n) is 7.35. The van der Waals surface area contributed by atoms with Gasteiger partial charge in [-0.05, 0) is 11.6 Å². The predicted octanol–water partition coefficient (Wildman–Crippen LogP) is 0.284. The Morgan fingerprint density at radius 2 is 1.92 bits per heavy atom. The highest BCUT2D eigenvalue weighted by Gasteiger charge is 2.28. The minimum atomic E-state index is -1.13. The van der Waals surface area contributed by atoms with Crippen molar-refractivity contribution in [1.82, 2.24) is 4.90 Å². The van der Waals surface area contributed by atoms with Crippen LogP contribution in [0.15, 0.2) is 48.7 Å². The summed E-state index contributed by atoms with van der Waals surface area (Å²) in [6.07, 6.45) is 1.95. The summed E-state index contributed by atoms with van der Waals surface area (Å²) in [7, 11) is 0. The molecular weight excluding hydrogens is 312 g/mol. The Bertz CT molecular complexity index is 705. The summed E-state index contributed by atoms with van der Waals surface area (Å²) in [5.74, 6) is -1.18. The largest absolute Gasteiger partial charge is 0.503 e. The number of rotatable bonds is 8. The fourth-order valence-electron chi connectivity index (χ4n) is 2.40. The van der Waals surface area contributed by atoms with Crippen molar-refractivity contribution in [3.63, 3.8) is 0 Å². The summed E-state index contributed by atoms with van der Waals surface area (Å²) in [6.45, 7) is -0.402. The number of hydrogen-bond acceptors (Lipinski definition) is 4. The van der Waals surface area contributed by atoms with Crippen LogP contribution in [-0.4, -0.2) is 38.6 Å². The highest BCUT2D eigenvalue weighted by Crippen LogP contribution is 2.10. The van der Waals surface area contributed by atoms with E-state index in [-0.39, 0.29) is 25.4 Å². The molecule has 0 bridgehead atoms. The number of carbonyl (C=O) groups excluding carboxylic acids is 1. The van der Waals surface area contributed by atoms with Gasteiger partial charge in [0, 0.05) is 12.5 Å². The minimum Gasteiger partial charge on any atom is -0.503 e. The molecule has 0 radical (unpaired) electrons. The summed E-state index contributed by atoms with van der Waals surface area (Å²) in [5, 5.41) is 28.4. The van der Waals surface area contributed by atoms with Gasteiger partial charge in [0.2, 0.25) is 25.0 Å². The lowest BCUT2D eigenvalue weighted by Gasteiger charge is -2.22. The lowest BCUT2D eigenvalue weighted by molar-refractivity contribution is -0.721. The zero-order chi connectivity index (χ0) is 17.5. The van der Waals surface area contributed by atoms with Gasteiger partial charge >= 0.3 is 5.97 Å². The van der Waals surface area contributed by atoms with Crippen molar-refractivity contribution in [1.29, 1.82) is 0 Å². The molecule has 24 heavy (non-hydrogen) atoms. The molecule has 2 aromatic rings. The fourth-order valence-corrected chi connectivity index (χ4v) is 2.40. The first-order valence-corrected chi connectivity index (χ1v) is 7.35. The van der Waals surface area contributed by atoms with Gasteiger partial charge in [0.05, 0.1) is 0 Å². The second kappa shape index (κ2) is 8.07. The van der Waals surface area contributed by atoms with Crippen LogP contribution in [-0.2, 0) is 29.3 Å². The van der Waals surface area contributed by atoms with E-state index >= 15 is 0 Å². The molecule has 0 unspecified atom stereocenters. The van der Waals surface area contributed by atoms with Gasteiger partial charge in [0.15, 0.2) is 5.75 Å². The number of aliphatic hydroxyl groups excluding tert-OH is 1. The number of aromatic hydroxyl groups is 1. The third-order valence-corrected chi connectivity index (χ3v) is 3.67. The quantitative estimate of drug-likeness (QED) is 0.476. The lowest BCUT2D eigenvalue weighted by Crippen LogP contribution is -2.52. The number of carboxylic acids is 1. The summed E-state index contributed by atoms with van der Waals surface area (Å²) in [6, 6.07) is 10.9. The Balaban J connectivity index is 2.25. The van der Waals surface area contributed by atoms with Crippen molar-refractivity contribution >= 4 is 12.4 Å². The summed E-state index contributed by atoms with van der Waals surface area (Å²) >= 11 is 0. The average Bonchev–Trinajstić information content (AvgIpc) is 2.58. The number of pyridine rings is 1. The van der Waals surface area contributed by atoms with Crippen molar-refractivity contribution in [2.45, 2.75) is 25.7 Å². The van der Waals surface area contributed by atoms with Crippen molar-refractivity contribution in [2.75, 3.05) is 0 Å². The Morgan fingerprint density at radius 3 is 2.50 bits per heavy atom. The van der Waals surface area contributed by atoms with E-state index in [0.717, 1.165) is 10.5 Å². The molecule has 126 valence electrons. The van der Waals surface area contributed by atoms with E-state index in [4.69, 9.17) is 0 Å². The van der Waals surface area contributed by atoms with Gasteiger partial charge in [-0.1, -0.05) is 30.3 Å². The average molecular weight is 331 g/mol. The normalized spacial score (nSPS) is 11.7. The molecule has 1 heterocycles. The smallest absolute Gasteiger partial charge is 0.327 e. The minimum absolute atomic E-state index is 0.0482. The molecular formula is C17H19N2O5+. The number of hydrogen-bond donors (Lipinski definition) is 3. The van der Waals surface area contributed by atoms with E-state index in [9.17, 15) is 24.9 Å². The van der Waals surface area contributed by atoms with Gasteiger partial charge in [0.25, 0.3) is 0 Å². The molecule has 7 nitrogen and oxygen atoms in total. The molecule has 0 spiro atoms. The third kappa shape index (κ3) is 4.30. The number of carbonyl (C=O) groups is 2. The van der Waals surface area contributed by atoms with Crippen LogP contribution in [0.1, 0.15) is 11.3 Å². The molecule has 0 fully saturated rings. The van der Waals surface area contributed by atoms with Crippen LogP contribution in [0.25, 0.3) is 0 Å². The standard InChI is InChI=1S/C17H18N2O5/c20-10-14-6-7-15(22)9-18(14)11-19(12-21)16(17(23)24)8-13-4-2-1-3-5-13/h1-7,9,12,16,20H,8,10-11H2,(H-,22,23,24)/p+1/t16-/m0/s1. The fraction of sp³-hybridized carbons (Fsp3) is 0.235. The first kappa shape index (κ1) is 17.4. The Morgan fingerprint density at radius 1 is 1.21 bits per heavy atom. The maximum absolute atomic E-state index is 11.6. The van der Waals surface area contributed by atoms with Crippen molar-refractivity contribution in [3.05, 3.63) is 59.9 Å². The highest BCUT2D eigenvalue weighted by atomic mass is 16.4. The van der Waals surface area contributed by atoms with Crippen LogP contribution >= 0.6 is 0 Å². The summed E-state index contributed by atoms with van der Waals surface area (Å²) in [4.78, 5) is 24.2. The molecule has 7 heteroatoms. The van der Waals surface area contributed by atoms with Gasteiger partial charge in [-0.25, -0.2) is 4.79 Å². The zero-order valence-corrected chi connectivity index (χ0v) is 12.9. The summed E-state index contributed by atoms with van der Waals surface area (Å²) in [5.41, 5.74) is 1.24. The number of nitrogens with zero attached hydrogens (tertiary/aromatic N) is 2. The molecule has 1 amide bonds. The number of aromatic nitrogens is 1. The lowest BCUT2D eigenvalue weighted by atomic mass is 10.1. The number of benzene rings is 1. The zero-order valence-electron chi connectivity index (χ0n) is 12.9. The second-order valence-corrected chi connectivity index (χ2v) is 5.31. The SMILES string of the molecule is O=CN(C[n+]1cc(O)ccc1CO)[C@@H](Cc1ccccc1)C(=O)O. The third-order valence-electron chi connectivity index (χ3n) is 3.67. The Kier molecular flexibility index (Phi) is 5.86. The number of aliphatic hydroxyl groups is 1. The maximum Gasteiger partial charge on any atom is 0.327 e. The summed E-state index contributed by atoms with van der Waals surface area (Å²) < 4.78 is 1.44. The Labute approximate surface area is 139 Å². The molecule has 2 rings (SSSR count). The van der Waals surface area contributed by atoms with E-state index in [1.165, 1.54) is 22.9 Å². The van der Waals surface area contributed by atoms with Crippen LogP contribution in [0.3, 0.4) is 0 Å². The highest BCUT2D eigenvalue weighted by molar-refractivity contribution is 5.76. The molecule has 1 aromatic carbocycles. The van der Waals surface area contributed by atoms with Crippen LogP contribution in [0.5, 0.6) is 5.75 Å². The molecule has 0 aliphatic heterocycles. The van der Waals surface area contributed by atoms with E-state index in [1.807, 2.05) is 6.07 Å². The molecule has 0 aliphatic rings. The molecule has 3 N–H and O–H groups in total. The van der Waals surface area contributed by atoms with Gasteiger partial charge in [-0.15, -0.1) is 0 Å². The second-order valence-electron chi connectivity index (χ2n) is 5.31. The molecule has 1 atom stereocenters. The molecule has 0 saturated carbocycles. The Hall–Kier alpha value is -2.93. The van der Waals surface area contributed by atoms with Crippen LogP contribution in [0.4, 0.5) is 0 Å².